The van der Waals surface area contributed by atoms with Gasteiger partial charge < -0.3 is 4.74 Å². The molecular formula is C19H25F3N4O4S. The summed E-state index contributed by atoms with van der Waals surface area (Å²) in [6, 6.07) is 5.27. The lowest BCUT2D eigenvalue weighted by Gasteiger charge is -2.49. The third kappa shape index (κ3) is 4.10. The van der Waals surface area contributed by atoms with Crippen molar-refractivity contribution in [2.24, 2.45) is 10.8 Å². The van der Waals surface area contributed by atoms with Gasteiger partial charge in [-0.25, -0.2) is 41.5 Å². The van der Waals surface area contributed by atoms with Gasteiger partial charge in [0.15, 0.2) is 0 Å². The maximum atomic E-state index is 14.8. The first-order valence-electron chi connectivity index (χ1n) is 9.59. The molecule has 2 unspecified atom stereocenters. The molecule has 1 fully saturated rings. The summed E-state index contributed by atoms with van der Waals surface area (Å²) in [5.41, 5.74) is -2.98. The molecule has 1 aliphatic heterocycles. The third-order valence-electron chi connectivity index (χ3n) is 5.36. The lowest BCUT2D eigenvalue weighted by atomic mass is 9.75. The van der Waals surface area contributed by atoms with Crippen molar-refractivity contribution in [1.82, 2.24) is 9.31 Å². The van der Waals surface area contributed by atoms with E-state index in [0.29, 0.717) is 9.31 Å². The third-order valence-corrected chi connectivity index (χ3v) is 7.56. The number of benzene rings is 1. The second-order valence-electron chi connectivity index (χ2n) is 8.73. The highest BCUT2D eigenvalue weighted by molar-refractivity contribution is 7.90. The van der Waals surface area contributed by atoms with E-state index in [1.54, 1.807) is 20.8 Å². The zero-order valence-electron chi connectivity index (χ0n) is 17.6. The molecule has 2 atom stereocenters. The van der Waals surface area contributed by atoms with E-state index in [4.69, 9.17) is 10.6 Å². The fourth-order valence-corrected chi connectivity index (χ4v) is 5.87. The van der Waals surface area contributed by atoms with Gasteiger partial charge in [-0.3, -0.25) is 0 Å². The molecule has 0 spiro atoms. The monoisotopic (exact) mass is 462 g/mol. The van der Waals surface area contributed by atoms with Crippen molar-refractivity contribution in [3.8, 4) is 0 Å². The summed E-state index contributed by atoms with van der Waals surface area (Å²) in [5.74, 6) is 1.24. The van der Waals surface area contributed by atoms with Gasteiger partial charge in [0.1, 0.15) is 22.2 Å². The Labute approximate surface area is 178 Å². The quantitative estimate of drug-likeness (QED) is 0.393. The van der Waals surface area contributed by atoms with Crippen molar-refractivity contribution < 1.29 is 31.1 Å². The number of hydrazine groups is 1. The summed E-state index contributed by atoms with van der Waals surface area (Å²) in [7, 11) is -3.45. The Balaban J connectivity index is 2.22. The van der Waals surface area contributed by atoms with Crippen LogP contribution in [0.3, 0.4) is 0 Å². The number of halogens is 3. The van der Waals surface area contributed by atoms with E-state index in [1.165, 1.54) is 18.2 Å². The number of amides is 1. The summed E-state index contributed by atoms with van der Waals surface area (Å²) in [4.78, 5) is 16.8. The lowest BCUT2D eigenvalue weighted by Crippen LogP contribution is -2.64. The minimum Gasteiger partial charge on any atom is -0.442 e. The number of ether oxygens (including phenoxy) is 1. The average Bonchev–Trinajstić information content (AvgIpc) is 2.64. The number of alkyl halides is 2. The number of nitrogens with two attached hydrogens (primary N) is 1. The number of hydrogen-bond donors (Lipinski definition) is 1. The van der Waals surface area contributed by atoms with Gasteiger partial charge in [0.05, 0.1) is 0 Å². The van der Waals surface area contributed by atoms with Crippen molar-refractivity contribution in [3.63, 3.8) is 0 Å². The molecule has 0 saturated heterocycles. The van der Waals surface area contributed by atoms with E-state index >= 15 is 0 Å². The van der Waals surface area contributed by atoms with Crippen LogP contribution >= 0.6 is 0 Å². The van der Waals surface area contributed by atoms with Crippen molar-refractivity contribution in [3.05, 3.63) is 35.6 Å². The highest BCUT2D eigenvalue weighted by Gasteiger charge is 2.61. The molecule has 31 heavy (non-hydrogen) atoms. The van der Waals surface area contributed by atoms with Gasteiger partial charge in [-0.2, -0.15) is 5.01 Å². The fourth-order valence-electron chi connectivity index (χ4n) is 3.89. The number of sulfonamides is 1. The Hall–Kier alpha value is -2.34. The van der Waals surface area contributed by atoms with Gasteiger partial charge in [-0.1, -0.05) is 18.2 Å². The summed E-state index contributed by atoms with van der Waals surface area (Å²) in [6.45, 7) is 4.76. The largest absolute Gasteiger partial charge is 0.442 e. The number of hydrogen-bond acceptors (Lipinski definition) is 6. The van der Waals surface area contributed by atoms with Crippen molar-refractivity contribution in [2.75, 3.05) is 7.05 Å². The molecule has 172 valence electrons. The Morgan fingerprint density at radius 3 is 2.48 bits per heavy atom. The standard InChI is InChI=1S/C19H25F3N4O4S/c1-17(2,3)30-16(27)26(23)15-24-19(12-7-5-6-8-13(12)20)10-9-18(21,22)11-14(19)31(28,29)25(15)4/h5-8,14H,9-11,23H2,1-4H3. The molecule has 1 aromatic rings. The second-order valence-corrected chi connectivity index (χ2v) is 10.9. The molecule has 1 heterocycles. The van der Waals surface area contributed by atoms with E-state index in [0.717, 1.165) is 13.1 Å². The number of rotatable bonds is 1. The normalized spacial score (nSPS) is 27.2. The zero-order chi connectivity index (χ0) is 23.4. The topological polar surface area (TPSA) is 105 Å². The summed E-state index contributed by atoms with van der Waals surface area (Å²) < 4.78 is 75.7. The summed E-state index contributed by atoms with van der Waals surface area (Å²) >= 11 is 0. The Bertz CT molecular complexity index is 1030. The van der Waals surface area contributed by atoms with Gasteiger partial charge in [-0.05, 0) is 33.3 Å². The number of aliphatic imine (C=N–C) groups is 1. The molecule has 0 bridgehead atoms. The summed E-state index contributed by atoms with van der Waals surface area (Å²) in [6.07, 6.45) is -3.30. The Morgan fingerprint density at radius 2 is 1.90 bits per heavy atom. The zero-order valence-corrected chi connectivity index (χ0v) is 18.4. The average molecular weight is 462 g/mol. The molecule has 0 aromatic heterocycles. The first-order chi connectivity index (χ1) is 14.1. The molecule has 12 heteroatoms. The van der Waals surface area contributed by atoms with E-state index in [1.807, 2.05) is 0 Å². The number of guanidine groups is 1. The van der Waals surface area contributed by atoms with E-state index in [9.17, 15) is 26.4 Å². The van der Waals surface area contributed by atoms with Gasteiger partial charge >= 0.3 is 6.09 Å². The van der Waals surface area contributed by atoms with Gasteiger partial charge in [0.2, 0.25) is 21.9 Å². The van der Waals surface area contributed by atoms with Gasteiger partial charge in [-0.15, -0.1) is 0 Å². The van der Waals surface area contributed by atoms with Crippen molar-refractivity contribution in [1.29, 1.82) is 0 Å². The van der Waals surface area contributed by atoms with Crippen molar-refractivity contribution >= 4 is 22.1 Å². The fraction of sp³-hybridized carbons (Fsp3) is 0.579. The predicted octanol–water partition coefficient (Wildman–Crippen LogP) is 2.95. The molecule has 8 nitrogen and oxygen atoms in total. The van der Waals surface area contributed by atoms with Crippen LogP contribution in [0.25, 0.3) is 0 Å². The number of fused-ring (bicyclic) bond motifs is 1. The second kappa shape index (κ2) is 7.37. The smallest absolute Gasteiger partial charge is 0.431 e. The van der Waals surface area contributed by atoms with E-state index < -0.39 is 69.5 Å². The predicted molar refractivity (Wildman–Crippen MR) is 107 cm³/mol. The molecule has 1 aliphatic carbocycles. The van der Waals surface area contributed by atoms with E-state index in [-0.39, 0.29) is 5.56 Å². The highest BCUT2D eigenvalue weighted by atomic mass is 32.2. The number of nitrogens with zero attached hydrogens (tertiary/aromatic N) is 3. The number of carbonyl (C=O) groups excluding carboxylic acids is 1. The SMILES string of the molecule is CN1C(N(N)C(=O)OC(C)(C)C)=NC2(c3ccccc3F)CCC(F)(F)CC2S1(=O)=O. The van der Waals surface area contributed by atoms with Crippen LogP contribution in [0.1, 0.15) is 45.6 Å². The van der Waals surface area contributed by atoms with Crippen molar-refractivity contribution in [2.45, 2.75) is 62.3 Å². The highest BCUT2D eigenvalue weighted by Crippen LogP contribution is 2.52. The minimum absolute atomic E-state index is 0.151. The van der Waals surface area contributed by atoms with Crippen LogP contribution in [0.15, 0.2) is 29.3 Å². The number of carbonyl (C=O) groups is 1. The maximum Gasteiger partial charge on any atom is 0.431 e. The van der Waals surface area contributed by atoms with Crippen LogP contribution in [0.4, 0.5) is 18.0 Å². The molecule has 1 aromatic carbocycles. The van der Waals surface area contributed by atoms with Gasteiger partial charge in [0, 0.05) is 25.5 Å². The molecule has 0 radical (unpaired) electrons. The molecule has 2 N–H and O–H groups in total. The van der Waals surface area contributed by atoms with Crippen LogP contribution in [-0.4, -0.2) is 53.6 Å². The molecule has 2 aliphatic rings. The van der Waals surface area contributed by atoms with Crippen LogP contribution in [-0.2, 0) is 20.3 Å². The molecule has 1 amide bonds. The van der Waals surface area contributed by atoms with E-state index in [2.05, 4.69) is 4.99 Å². The van der Waals surface area contributed by atoms with Gasteiger partial charge in [0.25, 0.3) is 0 Å². The first-order valence-corrected chi connectivity index (χ1v) is 11.1. The minimum atomic E-state index is -4.50. The lowest BCUT2D eigenvalue weighted by molar-refractivity contribution is -0.0510. The first kappa shape index (κ1) is 23.3. The Morgan fingerprint density at radius 1 is 1.29 bits per heavy atom. The molecule has 3 rings (SSSR count). The molecule has 1 saturated carbocycles. The Kier molecular flexibility index (Phi) is 5.54. The maximum absolute atomic E-state index is 14.8. The summed E-state index contributed by atoms with van der Waals surface area (Å²) in [5, 5.41) is -1.35. The van der Waals surface area contributed by atoms with Crippen LogP contribution in [0.5, 0.6) is 0 Å². The van der Waals surface area contributed by atoms with Crippen LogP contribution < -0.4 is 5.84 Å². The molecular weight excluding hydrogens is 437 g/mol. The van der Waals surface area contributed by atoms with Crippen LogP contribution in [0.2, 0.25) is 0 Å². The van der Waals surface area contributed by atoms with Crippen LogP contribution in [0, 0.1) is 5.82 Å².